The summed E-state index contributed by atoms with van der Waals surface area (Å²) in [6.45, 7) is 1.43. The summed E-state index contributed by atoms with van der Waals surface area (Å²) in [5.41, 5.74) is 6.71. The van der Waals surface area contributed by atoms with Crippen LogP contribution in [0.1, 0.15) is 42.0 Å². The fourth-order valence-corrected chi connectivity index (χ4v) is 5.29. The summed E-state index contributed by atoms with van der Waals surface area (Å²) < 4.78 is 6.71. The third-order valence-corrected chi connectivity index (χ3v) is 6.75. The number of hydrogen-bond donors (Lipinski definition) is 3. The lowest BCUT2D eigenvalue weighted by Gasteiger charge is -2.17. The zero-order valence-electron chi connectivity index (χ0n) is 16.7. The first-order valence-electron chi connectivity index (χ1n) is 10.0. The molecular formula is C22H23N5O2S. The normalized spacial score (nSPS) is 15.1. The maximum Gasteiger partial charge on any atom is 0.330 e. The van der Waals surface area contributed by atoms with Gasteiger partial charge in [-0.15, -0.1) is 4.36 Å². The smallest absolute Gasteiger partial charge is 0.326 e. The Hall–Kier alpha value is -3.18. The molecule has 0 aromatic heterocycles. The molecule has 30 heavy (non-hydrogen) atoms. The summed E-state index contributed by atoms with van der Waals surface area (Å²) >= 11 is 0. The maximum absolute atomic E-state index is 12.9. The minimum absolute atomic E-state index is 0.193. The van der Waals surface area contributed by atoms with Crippen LogP contribution in [0, 0.1) is 11.5 Å². The number of hydrogen-bond acceptors (Lipinski definition) is 4. The second-order valence-corrected chi connectivity index (χ2v) is 8.90. The van der Waals surface area contributed by atoms with Crippen LogP contribution >= 0.6 is 0 Å². The lowest BCUT2D eigenvalue weighted by Crippen LogP contribution is -2.31. The monoisotopic (exact) mass is 421 g/mol. The molecule has 0 saturated carbocycles. The molecular weight excluding hydrogens is 398 g/mol. The minimum atomic E-state index is -1.16. The zero-order chi connectivity index (χ0) is 21.1. The summed E-state index contributed by atoms with van der Waals surface area (Å²) in [7, 11) is -1.16. The van der Waals surface area contributed by atoms with Crippen LogP contribution in [-0.4, -0.2) is 11.9 Å². The number of fused-ring (bicyclic) bond motifs is 2. The van der Waals surface area contributed by atoms with Crippen molar-refractivity contribution < 1.29 is 9.59 Å². The van der Waals surface area contributed by atoms with Gasteiger partial charge in [0.05, 0.1) is 0 Å². The highest BCUT2D eigenvalue weighted by molar-refractivity contribution is 7.86. The molecule has 0 bridgehead atoms. The molecule has 0 saturated heterocycles. The van der Waals surface area contributed by atoms with Gasteiger partial charge >= 0.3 is 6.03 Å². The van der Waals surface area contributed by atoms with Gasteiger partial charge in [0.15, 0.2) is 0 Å². The van der Waals surface area contributed by atoms with Crippen LogP contribution in [-0.2, 0) is 41.4 Å². The summed E-state index contributed by atoms with van der Waals surface area (Å²) in [6.07, 6.45) is 8.08. The van der Waals surface area contributed by atoms with Gasteiger partial charge in [-0.1, -0.05) is 12.1 Å². The van der Waals surface area contributed by atoms with Crippen molar-refractivity contribution in [3.05, 3.63) is 52.6 Å². The van der Waals surface area contributed by atoms with E-state index in [1.807, 2.05) is 0 Å². The average Bonchev–Trinajstić information content (AvgIpc) is 3.36. The summed E-state index contributed by atoms with van der Waals surface area (Å²) in [5, 5.41) is 14.9. The lowest BCUT2D eigenvalue weighted by molar-refractivity contribution is -0.114. The number of nitrogens with one attached hydrogen (secondary N) is 3. The maximum atomic E-state index is 12.9. The third kappa shape index (κ3) is 4.21. The van der Waals surface area contributed by atoms with Gasteiger partial charge in [0.2, 0.25) is 12.1 Å². The van der Waals surface area contributed by atoms with Crippen LogP contribution in [0.2, 0.25) is 0 Å². The SMILES string of the molecule is CC(=O)Nc1cccc(S(=NC#N)NC(=O)Nc2c3c(cc4c2CCC4)CCC3)c1. The Morgan fingerprint density at radius 3 is 2.37 bits per heavy atom. The van der Waals surface area contributed by atoms with Gasteiger partial charge in [-0.25, -0.2) is 4.79 Å². The zero-order valence-corrected chi connectivity index (χ0v) is 17.6. The molecule has 2 aromatic rings. The molecule has 4 rings (SSSR count). The molecule has 0 fully saturated rings. The van der Waals surface area contributed by atoms with Crippen molar-refractivity contribution in [2.24, 2.45) is 4.36 Å². The van der Waals surface area contributed by atoms with E-state index < -0.39 is 10.9 Å². The largest absolute Gasteiger partial charge is 0.330 e. The van der Waals surface area contributed by atoms with Crippen molar-refractivity contribution in [3.63, 3.8) is 0 Å². The number of aryl methyl sites for hydroxylation is 2. The summed E-state index contributed by atoms with van der Waals surface area (Å²) in [4.78, 5) is 24.8. The van der Waals surface area contributed by atoms with E-state index in [4.69, 9.17) is 5.26 Å². The molecule has 2 aromatic carbocycles. The van der Waals surface area contributed by atoms with Gasteiger partial charge in [0, 0.05) is 34.1 Å². The van der Waals surface area contributed by atoms with Gasteiger partial charge in [-0.3, -0.25) is 9.52 Å². The molecule has 2 aliphatic rings. The van der Waals surface area contributed by atoms with Crippen LogP contribution in [0.3, 0.4) is 0 Å². The molecule has 0 spiro atoms. The standard InChI is InChI=1S/C22H23N5O2S/c1-14(28)25-17-7-4-8-18(12-17)30(24-13-23)27-22(29)26-21-19-9-2-5-15(19)11-16-6-3-10-20(16)21/h4,7-8,11-12H,2-3,5-6,9-10H2,1H3,(H,25,28)(H2,24,26,27,29). The van der Waals surface area contributed by atoms with Gasteiger partial charge in [0.25, 0.3) is 0 Å². The topological polar surface area (TPSA) is 106 Å². The number of nitriles is 1. The van der Waals surface area contributed by atoms with Crippen molar-refractivity contribution in [2.75, 3.05) is 10.6 Å². The summed E-state index contributed by atoms with van der Waals surface area (Å²) in [6, 6.07) is 8.92. The van der Waals surface area contributed by atoms with E-state index in [9.17, 15) is 9.59 Å². The van der Waals surface area contributed by atoms with Crippen molar-refractivity contribution in [2.45, 2.75) is 50.3 Å². The Labute approximate surface area is 178 Å². The number of benzene rings is 2. The molecule has 1 unspecified atom stereocenters. The Kier molecular flexibility index (Phi) is 5.81. The number of nitrogens with zero attached hydrogens (tertiary/aromatic N) is 2. The second kappa shape index (κ2) is 8.67. The lowest BCUT2D eigenvalue weighted by atomic mass is 9.99. The van der Waals surface area contributed by atoms with Crippen molar-refractivity contribution in [1.29, 1.82) is 5.26 Å². The number of carbonyl (C=O) groups is 2. The highest BCUT2D eigenvalue weighted by atomic mass is 32.2. The number of carbonyl (C=O) groups excluding carboxylic acids is 2. The highest BCUT2D eigenvalue weighted by Gasteiger charge is 2.25. The van der Waals surface area contributed by atoms with Gasteiger partial charge in [0.1, 0.15) is 0 Å². The van der Waals surface area contributed by atoms with E-state index in [-0.39, 0.29) is 11.9 Å². The van der Waals surface area contributed by atoms with Gasteiger partial charge in [-0.05, 0) is 79.0 Å². The molecule has 0 aliphatic heterocycles. The first-order chi connectivity index (χ1) is 14.5. The fraction of sp³-hybridized carbons (Fsp3) is 0.318. The second-order valence-electron chi connectivity index (χ2n) is 7.48. The van der Waals surface area contributed by atoms with Crippen LogP contribution in [0.4, 0.5) is 16.2 Å². The molecule has 0 heterocycles. The third-order valence-electron chi connectivity index (χ3n) is 5.41. The Bertz CT molecular complexity index is 1070. The van der Waals surface area contributed by atoms with E-state index in [0.717, 1.165) is 44.2 Å². The molecule has 154 valence electrons. The number of amides is 3. The number of rotatable bonds is 4. The summed E-state index contributed by atoms with van der Waals surface area (Å²) in [5.74, 6) is -0.193. The van der Waals surface area contributed by atoms with Crippen molar-refractivity contribution >= 4 is 34.2 Å². The fourth-order valence-electron chi connectivity index (χ4n) is 4.27. The van der Waals surface area contributed by atoms with Gasteiger partial charge < -0.3 is 10.6 Å². The Morgan fingerprint density at radius 1 is 1.03 bits per heavy atom. The highest BCUT2D eigenvalue weighted by Crippen LogP contribution is 2.38. The molecule has 3 N–H and O–H groups in total. The van der Waals surface area contributed by atoms with Crippen LogP contribution in [0.5, 0.6) is 0 Å². The molecule has 2 aliphatic carbocycles. The van der Waals surface area contributed by atoms with Crippen LogP contribution in [0.25, 0.3) is 0 Å². The molecule has 7 nitrogen and oxygen atoms in total. The molecule has 3 amide bonds. The van der Waals surface area contributed by atoms with Crippen molar-refractivity contribution in [3.8, 4) is 6.19 Å². The molecule has 8 heteroatoms. The molecule has 0 radical (unpaired) electrons. The predicted octanol–water partition coefficient (Wildman–Crippen LogP) is 4.00. The Balaban J connectivity index is 1.57. The van der Waals surface area contributed by atoms with E-state index in [0.29, 0.717) is 10.6 Å². The first-order valence-corrected chi connectivity index (χ1v) is 11.2. The average molecular weight is 422 g/mol. The molecule has 1 atom stereocenters. The van der Waals surface area contributed by atoms with Crippen LogP contribution in [0.15, 0.2) is 39.6 Å². The first kappa shape index (κ1) is 20.1. The van der Waals surface area contributed by atoms with E-state index in [1.54, 1.807) is 30.5 Å². The Morgan fingerprint density at radius 2 is 1.73 bits per heavy atom. The number of urea groups is 1. The van der Waals surface area contributed by atoms with Gasteiger partial charge in [-0.2, -0.15) is 5.26 Å². The van der Waals surface area contributed by atoms with E-state index in [1.165, 1.54) is 29.2 Å². The van der Waals surface area contributed by atoms with Crippen LogP contribution < -0.4 is 15.4 Å². The van der Waals surface area contributed by atoms with E-state index >= 15 is 0 Å². The predicted molar refractivity (Wildman–Crippen MR) is 117 cm³/mol. The number of anilines is 2. The van der Waals surface area contributed by atoms with Crippen molar-refractivity contribution in [1.82, 2.24) is 4.72 Å². The quantitative estimate of drug-likeness (QED) is 0.650. The minimum Gasteiger partial charge on any atom is -0.326 e. The van der Waals surface area contributed by atoms with E-state index in [2.05, 4.69) is 25.8 Å².